The maximum Gasteiger partial charge on any atom is 0.306 e. The summed E-state index contributed by atoms with van der Waals surface area (Å²) in [5, 5.41) is 31.0. The molecule has 1 aliphatic carbocycles. The van der Waals surface area contributed by atoms with Crippen LogP contribution in [0.2, 0.25) is 0 Å². The lowest BCUT2D eigenvalue weighted by atomic mass is 9.89. The summed E-state index contributed by atoms with van der Waals surface area (Å²) in [4.78, 5) is 35.6. The number of carbonyl (C=O) groups excluding carboxylic acids is 2. The van der Waals surface area contributed by atoms with E-state index in [-0.39, 0.29) is 37.9 Å². The zero-order valence-corrected chi connectivity index (χ0v) is 27.4. The van der Waals surface area contributed by atoms with E-state index in [9.17, 15) is 34.4 Å². The van der Waals surface area contributed by atoms with E-state index in [1.54, 1.807) is 6.08 Å². The van der Waals surface area contributed by atoms with Crippen LogP contribution in [0.5, 0.6) is 0 Å². The van der Waals surface area contributed by atoms with Crippen molar-refractivity contribution in [3.05, 3.63) is 24.3 Å². The van der Waals surface area contributed by atoms with Crippen LogP contribution < -0.4 is 4.89 Å². The SMILES string of the molecule is CCCCC[C@H](O)/C=C/[C@@H]1[C@@H](C/C=C/CCCC(=O)O[C@H](COC(C)=O)COP(=O)([O-])OCC[N+](C)(C)C)[C@@H](O)C[C@H]1O. The summed E-state index contributed by atoms with van der Waals surface area (Å²) in [6.45, 7) is 2.73. The van der Waals surface area contributed by atoms with Crippen molar-refractivity contribution in [3.8, 4) is 0 Å². The maximum absolute atomic E-state index is 12.4. The van der Waals surface area contributed by atoms with Crippen molar-refractivity contribution in [2.75, 3.05) is 47.5 Å². The molecular formula is C30H54NO11P. The third kappa shape index (κ3) is 18.7. The number of quaternary nitrogens is 1. The molecule has 0 heterocycles. The fourth-order valence-corrected chi connectivity index (χ4v) is 5.34. The molecule has 0 amide bonds. The molecule has 0 aliphatic heterocycles. The summed E-state index contributed by atoms with van der Waals surface area (Å²) < 4.78 is 32.4. The number of likely N-dealkylation sites (N-methyl/N-ethyl adjacent to an activating group) is 1. The summed E-state index contributed by atoms with van der Waals surface area (Å²) in [5.74, 6) is -1.64. The zero-order chi connectivity index (χ0) is 32.5. The summed E-state index contributed by atoms with van der Waals surface area (Å²) in [6.07, 6.45) is 9.96. The van der Waals surface area contributed by atoms with Gasteiger partial charge in [-0.05, 0) is 31.6 Å². The van der Waals surface area contributed by atoms with E-state index in [0.29, 0.717) is 36.7 Å². The number of phosphoric ester groups is 1. The van der Waals surface area contributed by atoms with Gasteiger partial charge in [0, 0.05) is 25.7 Å². The Balaban J connectivity index is 2.50. The molecule has 0 spiro atoms. The molecule has 0 saturated heterocycles. The normalized spacial score (nSPS) is 23.8. The standard InChI is InChI=1S/C30H54NO11P/c1-6-7-10-13-24(33)16-17-27-26(28(34)20-29(27)35)14-11-8-9-12-15-30(36)42-25(21-39-23(2)32)22-41-43(37,38)40-19-18-31(3,4)5/h8,11,16-17,24-29,33-35H,6-7,9-10,12-15,18-22H2,1-5H3/b11-8+,17-16+/t24-,25+,26+,27+,28-,29+/m0/s1. The third-order valence-electron chi connectivity index (χ3n) is 7.10. The van der Waals surface area contributed by atoms with Crippen LogP contribution in [-0.2, 0) is 32.7 Å². The van der Waals surface area contributed by atoms with Crippen LogP contribution in [0.3, 0.4) is 0 Å². The van der Waals surface area contributed by atoms with E-state index in [1.807, 2.05) is 39.4 Å². The number of aliphatic hydroxyl groups excluding tert-OH is 3. The molecule has 0 aromatic heterocycles. The highest BCUT2D eigenvalue weighted by atomic mass is 31.2. The fraction of sp³-hybridized carbons (Fsp3) is 0.800. The molecule has 3 N–H and O–H groups in total. The van der Waals surface area contributed by atoms with E-state index in [4.69, 9.17) is 18.5 Å². The monoisotopic (exact) mass is 635 g/mol. The van der Waals surface area contributed by atoms with Gasteiger partial charge in [-0.25, -0.2) is 0 Å². The van der Waals surface area contributed by atoms with Gasteiger partial charge in [-0.2, -0.15) is 0 Å². The molecule has 1 unspecified atom stereocenters. The third-order valence-corrected chi connectivity index (χ3v) is 8.07. The number of phosphoric acid groups is 1. The van der Waals surface area contributed by atoms with Gasteiger partial charge in [-0.3, -0.25) is 14.2 Å². The Morgan fingerprint density at radius 2 is 1.79 bits per heavy atom. The first-order valence-electron chi connectivity index (χ1n) is 15.2. The molecular weight excluding hydrogens is 581 g/mol. The van der Waals surface area contributed by atoms with Gasteiger partial charge in [0.25, 0.3) is 7.82 Å². The van der Waals surface area contributed by atoms with Crippen molar-refractivity contribution in [2.24, 2.45) is 11.8 Å². The number of carbonyl (C=O) groups is 2. The van der Waals surface area contributed by atoms with Crippen LogP contribution in [0, 0.1) is 11.8 Å². The first-order chi connectivity index (χ1) is 20.1. The number of hydrogen-bond acceptors (Lipinski definition) is 11. The molecule has 0 radical (unpaired) electrons. The number of unbranched alkanes of at least 4 members (excludes halogenated alkanes) is 3. The number of aliphatic hydroxyl groups is 3. The number of esters is 2. The highest BCUT2D eigenvalue weighted by Crippen LogP contribution is 2.38. The largest absolute Gasteiger partial charge is 0.756 e. The van der Waals surface area contributed by atoms with Gasteiger partial charge in [0.05, 0.1) is 46.1 Å². The van der Waals surface area contributed by atoms with Crippen molar-refractivity contribution in [1.29, 1.82) is 0 Å². The van der Waals surface area contributed by atoms with Gasteiger partial charge in [0.2, 0.25) is 0 Å². The van der Waals surface area contributed by atoms with Gasteiger partial charge in [0.15, 0.2) is 6.10 Å². The predicted octanol–water partition coefficient (Wildman–Crippen LogP) is 2.64. The second-order valence-electron chi connectivity index (χ2n) is 12.2. The molecule has 1 fully saturated rings. The van der Waals surface area contributed by atoms with E-state index < -0.39 is 50.8 Å². The van der Waals surface area contributed by atoms with Crippen molar-refractivity contribution >= 4 is 19.8 Å². The Morgan fingerprint density at radius 3 is 2.44 bits per heavy atom. The first-order valence-corrected chi connectivity index (χ1v) is 16.7. The van der Waals surface area contributed by atoms with Gasteiger partial charge < -0.3 is 43.2 Å². The minimum Gasteiger partial charge on any atom is -0.756 e. The van der Waals surface area contributed by atoms with E-state index >= 15 is 0 Å². The van der Waals surface area contributed by atoms with Gasteiger partial charge >= 0.3 is 11.9 Å². The summed E-state index contributed by atoms with van der Waals surface area (Å²) in [6, 6.07) is 0. The van der Waals surface area contributed by atoms with Crippen LogP contribution in [-0.4, -0.2) is 104 Å². The number of ether oxygens (including phenoxy) is 2. The molecule has 0 aromatic carbocycles. The second-order valence-corrected chi connectivity index (χ2v) is 13.6. The predicted molar refractivity (Wildman–Crippen MR) is 159 cm³/mol. The number of rotatable bonds is 22. The summed E-state index contributed by atoms with van der Waals surface area (Å²) in [7, 11) is 1.00. The highest BCUT2D eigenvalue weighted by Gasteiger charge is 2.39. The number of nitrogens with zero attached hydrogens (tertiary/aromatic N) is 1. The topological polar surface area (TPSA) is 172 Å². The quantitative estimate of drug-likeness (QED) is 0.0525. The molecule has 7 atom stereocenters. The molecule has 13 heteroatoms. The van der Waals surface area contributed by atoms with Crippen molar-refractivity contribution in [1.82, 2.24) is 0 Å². The molecule has 250 valence electrons. The molecule has 43 heavy (non-hydrogen) atoms. The van der Waals surface area contributed by atoms with Crippen LogP contribution >= 0.6 is 7.82 Å². The van der Waals surface area contributed by atoms with Crippen LogP contribution in [0.15, 0.2) is 24.3 Å². The lowest BCUT2D eigenvalue weighted by Gasteiger charge is -2.28. The van der Waals surface area contributed by atoms with Crippen molar-refractivity contribution < 1.29 is 57.4 Å². The maximum atomic E-state index is 12.4. The molecule has 1 rings (SSSR count). The van der Waals surface area contributed by atoms with Gasteiger partial charge in [-0.1, -0.05) is 50.5 Å². The second kappa shape index (κ2) is 20.4. The summed E-state index contributed by atoms with van der Waals surface area (Å²) >= 11 is 0. The number of allylic oxidation sites excluding steroid dienone is 2. The Bertz CT molecular complexity index is 920. The minimum absolute atomic E-state index is 0.0436. The van der Waals surface area contributed by atoms with Crippen LogP contribution in [0.25, 0.3) is 0 Å². The average Bonchev–Trinajstić information content (AvgIpc) is 3.17. The molecule has 0 aromatic rings. The zero-order valence-electron chi connectivity index (χ0n) is 26.5. The number of hydrogen-bond donors (Lipinski definition) is 3. The smallest absolute Gasteiger partial charge is 0.306 e. The van der Waals surface area contributed by atoms with Gasteiger partial charge in [-0.15, -0.1) is 0 Å². The van der Waals surface area contributed by atoms with Crippen LogP contribution in [0.4, 0.5) is 0 Å². The Kier molecular flexibility index (Phi) is 18.7. The van der Waals surface area contributed by atoms with Crippen molar-refractivity contribution in [2.45, 2.75) is 96.1 Å². The minimum atomic E-state index is -4.65. The molecule has 0 bridgehead atoms. The lowest BCUT2D eigenvalue weighted by Crippen LogP contribution is -2.37. The van der Waals surface area contributed by atoms with E-state index in [2.05, 4.69) is 6.92 Å². The first kappa shape index (κ1) is 39.4. The molecule has 12 nitrogen and oxygen atoms in total. The van der Waals surface area contributed by atoms with E-state index in [1.165, 1.54) is 6.92 Å². The fourth-order valence-electron chi connectivity index (χ4n) is 4.61. The molecule has 1 saturated carbocycles. The highest BCUT2D eigenvalue weighted by molar-refractivity contribution is 7.45. The summed E-state index contributed by atoms with van der Waals surface area (Å²) in [5.41, 5.74) is 0. The lowest BCUT2D eigenvalue weighted by molar-refractivity contribution is -0.870. The molecule has 1 aliphatic rings. The van der Waals surface area contributed by atoms with E-state index in [0.717, 1.165) is 19.3 Å². The Labute approximate surface area is 256 Å². The Morgan fingerprint density at radius 1 is 1.07 bits per heavy atom. The van der Waals surface area contributed by atoms with Crippen molar-refractivity contribution in [3.63, 3.8) is 0 Å². The van der Waals surface area contributed by atoms with Gasteiger partial charge in [0.1, 0.15) is 19.8 Å². The Hall–Kier alpha value is -1.63. The average molecular weight is 636 g/mol. The van der Waals surface area contributed by atoms with Crippen LogP contribution in [0.1, 0.15) is 71.6 Å².